The van der Waals surface area contributed by atoms with Gasteiger partial charge >= 0.3 is 5.97 Å². The number of likely N-dealkylation sites (tertiary alicyclic amines) is 1. The molecule has 1 saturated heterocycles. The second-order valence-electron chi connectivity index (χ2n) is 7.99. The van der Waals surface area contributed by atoms with Crippen LogP contribution in [0.1, 0.15) is 41.0 Å². The lowest BCUT2D eigenvalue weighted by molar-refractivity contribution is -0.174. The average molecular weight is 441 g/mol. The minimum absolute atomic E-state index is 0.269. The van der Waals surface area contributed by atoms with Gasteiger partial charge in [0.2, 0.25) is 16.8 Å². The van der Waals surface area contributed by atoms with Crippen LogP contribution in [-0.4, -0.2) is 43.5 Å². The fourth-order valence-electron chi connectivity index (χ4n) is 2.95. The molecule has 158 valence electrons. The molecule has 7 nitrogen and oxygen atoms in total. The number of fused-ring (bicyclic) bond motifs is 1. The minimum atomic E-state index is -2.13. The van der Waals surface area contributed by atoms with E-state index in [1.54, 1.807) is 20.8 Å². The number of hydrogen-bond acceptors (Lipinski definition) is 5. The number of nitrogens with one attached hydrogen (secondary N) is 1. The summed E-state index contributed by atoms with van der Waals surface area (Å²) in [5.41, 5.74) is 2.38. The quantitative estimate of drug-likeness (QED) is 0.334. The molecule has 9 heteroatoms. The van der Waals surface area contributed by atoms with E-state index in [1.165, 1.54) is 25.0 Å². The van der Waals surface area contributed by atoms with Gasteiger partial charge in [-0.3, -0.25) is 14.5 Å². The molecule has 0 bridgehead atoms. The monoisotopic (exact) mass is 440 g/mol. The zero-order chi connectivity index (χ0) is 22.1. The van der Waals surface area contributed by atoms with Gasteiger partial charge in [-0.25, -0.2) is 9.00 Å². The molecule has 0 aromatic carbocycles. The van der Waals surface area contributed by atoms with E-state index in [0.29, 0.717) is 5.57 Å². The van der Waals surface area contributed by atoms with Crippen molar-refractivity contribution in [2.45, 2.75) is 57.7 Å². The van der Waals surface area contributed by atoms with E-state index < -0.39 is 44.4 Å². The van der Waals surface area contributed by atoms with Crippen LogP contribution < -0.4 is 5.32 Å². The number of carbonyl (C=O) groups is 3. The molecule has 3 rings (SSSR count). The second-order valence-corrected chi connectivity index (χ2v) is 9.96. The molecular formula is C20H25ClN2O5S. The number of rotatable bonds is 5. The molecule has 2 aliphatic carbocycles. The number of benzene rings is 1. The molecule has 1 N–H and O–H groups in total. The second kappa shape index (κ2) is 8.28. The predicted molar refractivity (Wildman–Crippen MR) is 112 cm³/mol. The summed E-state index contributed by atoms with van der Waals surface area (Å²) in [6.45, 7) is 11.5. The number of β-lactam (4-membered cyclic amide) rings is 1. The largest absolute Gasteiger partial charge is 0.458 e. The molecule has 3 unspecified atom stereocenters. The summed E-state index contributed by atoms with van der Waals surface area (Å²) >= 11 is 0. The summed E-state index contributed by atoms with van der Waals surface area (Å²) in [6, 6.07) is 7.29. The zero-order valence-electron chi connectivity index (χ0n) is 17.1. The van der Waals surface area contributed by atoms with Gasteiger partial charge in [0.1, 0.15) is 5.60 Å². The molecule has 1 fully saturated rings. The van der Waals surface area contributed by atoms with Crippen molar-refractivity contribution in [2.24, 2.45) is 0 Å². The van der Waals surface area contributed by atoms with E-state index in [-0.39, 0.29) is 6.42 Å². The highest BCUT2D eigenvalue weighted by Crippen LogP contribution is 2.38. The van der Waals surface area contributed by atoms with Crippen molar-refractivity contribution in [3.63, 3.8) is 0 Å². The van der Waals surface area contributed by atoms with E-state index >= 15 is 0 Å². The first-order chi connectivity index (χ1) is 13.3. The van der Waals surface area contributed by atoms with Gasteiger partial charge < -0.3 is 10.1 Å². The molecule has 0 aromatic rings. The third-order valence-corrected chi connectivity index (χ3v) is 5.89. The van der Waals surface area contributed by atoms with Crippen molar-refractivity contribution in [1.29, 1.82) is 0 Å². The zero-order valence-corrected chi connectivity index (χ0v) is 18.6. The van der Waals surface area contributed by atoms with Crippen LogP contribution >= 0.6 is 10.7 Å². The molecule has 29 heavy (non-hydrogen) atoms. The maximum absolute atomic E-state index is 12.4. The minimum Gasteiger partial charge on any atom is -0.458 e. The summed E-state index contributed by atoms with van der Waals surface area (Å²) < 4.78 is 17.3. The lowest BCUT2D eigenvalue weighted by Gasteiger charge is -2.52. The Balaban J connectivity index is 0.000000414. The molecule has 3 aliphatic rings. The number of esters is 1. The molecule has 0 radical (unpaired) electrons. The third-order valence-electron chi connectivity index (χ3n) is 4.15. The van der Waals surface area contributed by atoms with Crippen molar-refractivity contribution >= 4 is 38.5 Å². The van der Waals surface area contributed by atoms with Gasteiger partial charge in [0.25, 0.3) is 0 Å². The van der Waals surface area contributed by atoms with Crippen molar-refractivity contribution in [3.05, 3.63) is 36.4 Å². The Labute approximate surface area is 177 Å². The van der Waals surface area contributed by atoms with Crippen LogP contribution in [0.5, 0.6) is 0 Å². The molecule has 1 heterocycles. The first-order valence-corrected chi connectivity index (χ1v) is 10.9. The maximum Gasteiger partial charge on any atom is 0.333 e. The van der Waals surface area contributed by atoms with Gasteiger partial charge in [-0.1, -0.05) is 24.8 Å². The molecule has 3 atom stereocenters. The first kappa shape index (κ1) is 23.1. The normalized spacial score (nSPS) is 21.0. The van der Waals surface area contributed by atoms with Crippen LogP contribution in [0.15, 0.2) is 36.4 Å². The van der Waals surface area contributed by atoms with E-state index in [0.717, 1.165) is 4.90 Å². The smallest absolute Gasteiger partial charge is 0.333 e. The van der Waals surface area contributed by atoms with Gasteiger partial charge in [0.15, 0.2) is 16.1 Å². The average Bonchev–Trinajstić information content (AvgIpc) is 3.15. The molecule has 0 spiro atoms. The number of amides is 2. The lowest BCUT2D eigenvalue weighted by Crippen LogP contribution is -2.76. The predicted octanol–water partition coefficient (Wildman–Crippen LogP) is 2.86. The van der Waals surface area contributed by atoms with Crippen LogP contribution in [0.25, 0.3) is 11.1 Å². The SMILES string of the molecule is C=C(C)C(C(=O)OC(C)(C)C)N1C(=O)CC1(NC(C)=O)S(=O)Cl.c1cc2cc-2c1. The van der Waals surface area contributed by atoms with Gasteiger partial charge in [-0.15, -0.1) is 0 Å². The summed E-state index contributed by atoms with van der Waals surface area (Å²) in [4.78, 5) is 35.3. The van der Waals surface area contributed by atoms with E-state index in [2.05, 4.69) is 36.2 Å². The fraction of sp³-hybridized carbons (Fsp3) is 0.450. The van der Waals surface area contributed by atoms with E-state index in [4.69, 9.17) is 15.4 Å². The Morgan fingerprint density at radius 3 is 2.14 bits per heavy atom. The molecule has 1 aliphatic heterocycles. The summed E-state index contributed by atoms with van der Waals surface area (Å²) in [7, 11) is 3.58. The maximum atomic E-state index is 12.4. The van der Waals surface area contributed by atoms with Crippen molar-refractivity contribution in [2.75, 3.05) is 0 Å². The Bertz CT molecular complexity index is 878. The summed E-state index contributed by atoms with van der Waals surface area (Å²) in [6.07, 6.45) is -0.269. The number of nitrogens with zero attached hydrogens (tertiary/aromatic N) is 1. The van der Waals surface area contributed by atoms with Crippen LogP contribution in [0.3, 0.4) is 0 Å². The fourth-order valence-corrected chi connectivity index (χ4v) is 4.28. The van der Waals surface area contributed by atoms with Crippen molar-refractivity contribution in [3.8, 4) is 11.1 Å². The standard InChI is InChI=1S/C14H21ClN2O5S.C6H4/c1-8(2)11(12(20)22-13(4,5)6)17-10(19)7-14(17,23(15)21)16-9(3)18;1-2-5-4-6(5)3-1/h11H,1,7H2,2-6H3,(H,16,18);1-4H. The van der Waals surface area contributed by atoms with Gasteiger partial charge in [0.05, 0.1) is 6.42 Å². The highest BCUT2D eigenvalue weighted by Gasteiger charge is 2.61. The molecule has 0 saturated carbocycles. The Kier molecular flexibility index (Phi) is 6.59. The van der Waals surface area contributed by atoms with Crippen molar-refractivity contribution < 1.29 is 23.3 Å². The van der Waals surface area contributed by atoms with Gasteiger partial charge in [-0.05, 0) is 61.1 Å². The number of hydrogen-bond donors (Lipinski definition) is 1. The van der Waals surface area contributed by atoms with Gasteiger partial charge in [0, 0.05) is 6.92 Å². The Morgan fingerprint density at radius 2 is 1.86 bits per heavy atom. The topological polar surface area (TPSA) is 92.8 Å². The molecule has 0 aromatic heterocycles. The van der Waals surface area contributed by atoms with Crippen LogP contribution in [0, 0.1) is 0 Å². The van der Waals surface area contributed by atoms with Gasteiger partial charge in [-0.2, -0.15) is 0 Å². The molecular weight excluding hydrogens is 416 g/mol. The Morgan fingerprint density at radius 1 is 1.31 bits per heavy atom. The Hall–Kier alpha value is -2.19. The summed E-state index contributed by atoms with van der Waals surface area (Å²) in [5, 5.41) is 2.41. The van der Waals surface area contributed by atoms with E-state index in [9.17, 15) is 18.6 Å². The van der Waals surface area contributed by atoms with E-state index in [1.807, 2.05) is 0 Å². The first-order valence-electron chi connectivity index (χ1n) is 8.96. The highest BCUT2D eigenvalue weighted by atomic mass is 35.7. The van der Waals surface area contributed by atoms with Crippen LogP contribution in [0.4, 0.5) is 0 Å². The third kappa shape index (κ3) is 5.25. The summed E-state index contributed by atoms with van der Waals surface area (Å²) in [5.74, 6) is -1.73. The number of carbonyl (C=O) groups excluding carboxylic acids is 3. The van der Waals surface area contributed by atoms with Crippen LogP contribution in [-0.2, 0) is 29.1 Å². The van der Waals surface area contributed by atoms with Crippen molar-refractivity contribution in [1.82, 2.24) is 10.2 Å². The molecule has 2 amide bonds. The number of ether oxygens (including phenoxy) is 1. The highest BCUT2D eigenvalue weighted by molar-refractivity contribution is 8.09. The number of halogens is 1. The van der Waals surface area contributed by atoms with Crippen LogP contribution in [0.2, 0.25) is 0 Å². The lowest BCUT2D eigenvalue weighted by atomic mass is 9.99.